The Labute approximate surface area is 141 Å². The fourth-order valence-corrected chi connectivity index (χ4v) is 2.02. The number of hydrogen-bond acceptors (Lipinski definition) is 4. The zero-order valence-electron chi connectivity index (χ0n) is 14.0. The monoisotopic (exact) mass is 327 g/mol. The first-order chi connectivity index (χ1) is 11.5. The van der Waals surface area contributed by atoms with Crippen molar-refractivity contribution < 1.29 is 19.1 Å². The Hall–Kier alpha value is -2.82. The first-order valence-corrected chi connectivity index (χ1v) is 7.80. The zero-order valence-corrected chi connectivity index (χ0v) is 14.0. The number of carbonyl (C=O) groups is 2. The molecule has 2 rings (SSSR count). The number of amides is 1. The van der Waals surface area contributed by atoms with E-state index in [0.29, 0.717) is 11.5 Å². The molecule has 0 aliphatic rings. The van der Waals surface area contributed by atoms with Crippen LogP contribution in [-0.4, -0.2) is 24.0 Å². The SMILES string of the molecule is CC(C)NC(=O)C(C)OC(=O)c1ccccc1Oc1ccccc1. The molecule has 5 heteroatoms. The van der Waals surface area contributed by atoms with Gasteiger partial charge in [0.05, 0.1) is 0 Å². The summed E-state index contributed by atoms with van der Waals surface area (Å²) in [5.74, 6) is 0.0567. The van der Waals surface area contributed by atoms with Gasteiger partial charge < -0.3 is 14.8 Å². The molecule has 0 aromatic heterocycles. The molecule has 24 heavy (non-hydrogen) atoms. The van der Waals surface area contributed by atoms with Crippen LogP contribution in [0.25, 0.3) is 0 Å². The summed E-state index contributed by atoms with van der Waals surface area (Å²) < 4.78 is 11.0. The van der Waals surface area contributed by atoms with E-state index in [-0.39, 0.29) is 17.5 Å². The molecular weight excluding hydrogens is 306 g/mol. The van der Waals surface area contributed by atoms with Crippen molar-refractivity contribution in [2.75, 3.05) is 0 Å². The molecule has 126 valence electrons. The lowest BCUT2D eigenvalue weighted by atomic mass is 10.2. The van der Waals surface area contributed by atoms with Crippen molar-refractivity contribution in [3.8, 4) is 11.5 Å². The van der Waals surface area contributed by atoms with Crippen LogP contribution in [-0.2, 0) is 9.53 Å². The number of hydrogen-bond donors (Lipinski definition) is 1. The zero-order chi connectivity index (χ0) is 17.5. The molecule has 0 heterocycles. The third kappa shape index (κ3) is 4.84. The highest BCUT2D eigenvalue weighted by molar-refractivity contribution is 5.94. The molecule has 0 aliphatic carbocycles. The predicted octanol–water partition coefficient (Wildman–Crippen LogP) is 3.55. The maximum atomic E-state index is 12.4. The molecule has 0 radical (unpaired) electrons. The van der Waals surface area contributed by atoms with E-state index in [1.165, 1.54) is 6.92 Å². The van der Waals surface area contributed by atoms with E-state index < -0.39 is 12.1 Å². The van der Waals surface area contributed by atoms with Crippen molar-refractivity contribution in [1.82, 2.24) is 5.32 Å². The van der Waals surface area contributed by atoms with Crippen molar-refractivity contribution in [2.45, 2.75) is 32.9 Å². The molecule has 2 aromatic rings. The van der Waals surface area contributed by atoms with Crippen LogP contribution >= 0.6 is 0 Å². The number of ether oxygens (including phenoxy) is 2. The molecule has 1 amide bonds. The van der Waals surface area contributed by atoms with Gasteiger partial charge in [-0.25, -0.2) is 4.79 Å². The molecule has 2 aromatic carbocycles. The molecule has 0 aliphatic heterocycles. The predicted molar refractivity (Wildman–Crippen MR) is 91.1 cm³/mol. The molecule has 0 saturated heterocycles. The average Bonchev–Trinajstić information content (AvgIpc) is 2.55. The minimum atomic E-state index is -0.885. The second-order valence-electron chi connectivity index (χ2n) is 5.62. The largest absolute Gasteiger partial charge is 0.456 e. The summed E-state index contributed by atoms with van der Waals surface area (Å²) in [5.41, 5.74) is 0.269. The van der Waals surface area contributed by atoms with Gasteiger partial charge in [0.15, 0.2) is 6.10 Å². The van der Waals surface area contributed by atoms with Gasteiger partial charge in [-0.3, -0.25) is 4.79 Å². The summed E-state index contributed by atoms with van der Waals surface area (Å²) in [7, 11) is 0. The van der Waals surface area contributed by atoms with Crippen LogP contribution in [0.2, 0.25) is 0 Å². The normalized spacial score (nSPS) is 11.7. The van der Waals surface area contributed by atoms with E-state index >= 15 is 0 Å². The van der Waals surface area contributed by atoms with Crippen molar-refractivity contribution in [2.24, 2.45) is 0 Å². The van der Waals surface area contributed by atoms with Gasteiger partial charge in [0.1, 0.15) is 17.1 Å². The number of esters is 1. The summed E-state index contributed by atoms with van der Waals surface area (Å²) in [6.45, 7) is 5.22. The van der Waals surface area contributed by atoms with E-state index in [4.69, 9.17) is 9.47 Å². The summed E-state index contributed by atoms with van der Waals surface area (Å²) in [6.07, 6.45) is -0.885. The van der Waals surface area contributed by atoms with Gasteiger partial charge in [-0.1, -0.05) is 30.3 Å². The molecule has 0 spiro atoms. The smallest absolute Gasteiger partial charge is 0.342 e. The second kappa shape index (κ2) is 8.15. The number of para-hydroxylation sites is 2. The Bertz CT molecular complexity index is 698. The lowest BCUT2D eigenvalue weighted by Crippen LogP contribution is -2.39. The highest BCUT2D eigenvalue weighted by Crippen LogP contribution is 2.25. The fraction of sp³-hybridized carbons (Fsp3) is 0.263. The maximum Gasteiger partial charge on any atom is 0.342 e. The van der Waals surface area contributed by atoms with Gasteiger partial charge >= 0.3 is 5.97 Å². The summed E-state index contributed by atoms with van der Waals surface area (Å²) in [4.78, 5) is 24.3. The lowest BCUT2D eigenvalue weighted by molar-refractivity contribution is -0.129. The highest BCUT2D eigenvalue weighted by Gasteiger charge is 2.21. The third-order valence-corrected chi connectivity index (χ3v) is 3.16. The Morgan fingerprint density at radius 3 is 2.21 bits per heavy atom. The molecule has 1 N–H and O–H groups in total. The van der Waals surface area contributed by atoms with Gasteiger partial charge in [-0.05, 0) is 45.0 Å². The topological polar surface area (TPSA) is 64.6 Å². The van der Waals surface area contributed by atoms with Crippen LogP contribution in [0, 0.1) is 0 Å². The molecule has 0 fully saturated rings. The molecule has 0 bridgehead atoms. The molecule has 1 unspecified atom stereocenters. The van der Waals surface area contributed by atoms with E-state index in [1.807, 2.05) is 32.0 Å². The third-order valence-electron chi connectivity index (χ3n) is 3.16. The van der Waals surface area contributed by atoms with Crippen molar-refractivity contribution >= 4 is 11.9 Å². The van der Waals surface area contributed by atoms with Crippen LogP contribution in [0.15, 0.2) is 54.6 Å². The highest BCUT2D eigenvalue weighted by atomic mass is 16.5. The fourth-order valence-electron chi connectivity index (χ4n) is 2.02. The van der Waals surface area contributed by atoms with Gasteiger partial charge in [0, 0.05) is 6.04 Å². The Morgan fingerprint density at radius 1 is 0.917 bits per heavy atom. The Balaban J connectivity index is 2.11. The molecular formula is C19H21NO4. The van der Waals surface area contributed by atoms with E-state index in [9.17, 15) is 9.59 Å². The maximum absolute atomic E-state index is 12.4. The minimum Gasteiger partial charge on any atom is -0.456 e. The number of carbonyl (C=O) groups excluding carboxylic acids is 2. The quantitative estimate of drug-likeness (QED) is 0.824. The number of benzene rings is 2. The van der Waals surface area contributed by atoms with E-state index in [0.717, 1.165) is 0 Å². The molecule has 1 atom stereocenters. The Kier molecular flexibility index (Phi) is 5.95. The van der Waals surface area contributed by atoms with Gasteiger partial charge in [0.2, 0.25) is 0 Å². The van der Waals surface area contributed by atoms with Crippen LogP contribution < -0.4 is 10.1 Å². The van der Waals surface area contributed by atoms with Crippen molar-refractivity contribution in [3.05, 3.63) is 60.2 Å². The summed E-state index contributed by atoms with van der Waals surface area (Å²) in [6, 6.07) is 15.9. The van der Waals surface area contributed by atoms with Gasteiger partial charge in [-0.15, -0.1) is 0 Å². The Morgan fingerprint density at radius 2 is 1.54 bits per heavy atom. The van der Waals surface area contributed by atoms with E-state index in [2.05, 4.69) is 5.32 Å². The average molecular weight is 327 g/mol. The summed E-state index contributed by atoms with van der Waals surface area (Å²) in [5, 5.41) is 2.71. The van der Waals surface area contributed by atoms with E-state index in [1.54, 1.807) is 36.4 Å². The summed E-state index contributed by atoms with van der Waals surface area (Å²) >= 11 is 0. The number of nitrogens with one attached hydrogen (secondary N) is 1. The molecule has 0 saturated carbocycles. The van der Waals surface area contributed by atoms with Gasteiger partial charge in [-0.2, -0.15) is 0 Å². The minimum absolute atomic E-state index is 0.0210. The second-order valence-corrected chi connectivity index (χ2v) is 5.62. The van der Waals surface area contributed by atoms with Crippen LogP contribution in [0.5, 0.6) is 11.5 Å². The first-order valence-electron chi connectivity index (χ1n) is 7.80. The van der Waals surface area contributed by atoms with Crippen LogP contribution in [0.1, 0.15) is 31.1 Å². The lowest BCUT2D eigenvalue weighted by Gasteiger charge is -2.16. The van der Waals surface area contributed by atoms with Gasteiger partial charge in [0.25, 0.3) is 5.91 Å². The van der Waals surface area contributed by atoms with Crippen LogP contribution in [0.3, 0.4) is 0 Å². The van der Waals surface area contributed by atoms with Crippen molar-refractivity contribution in [3.63, 3.8) is 0 Å². The number of rotatable bonds is 6. The van der Waals surface area contributed by atoms with Crippen LogP contribution in [0.4, 0.5) is 0 Å². The standard InChI is InChI=1S/C19H21NO4/c1-13(2)20-18(21)14(3)23-19(22)16-11-7-8-12-17(16)24-15-9-5-4-6-10-15/h4-14H,1-3H3,(H,20,21). The molecule has 5 nitrogen and oxygen atoms in total. The first kappa shape index (κ1) is 17.5. The van der Waals surface area contributed by atoms with Crippen molar-refractivity contribution in [1.29, 1.82) is 0 Å².